The van der Waals surface area contributed by atoms with Gasteiger partial charge in [-0.25, -0.2) is 0 Å². The van der Waals surface area contributed by atoms with Gasteiger partial charge in [-0.1, -0.05) is 6.92 Å². The van der Waals surface area contributed by atoms with Crippen LogP contribution in [0.3, 0.4) is 0 Å². The molecule has 5 unspecified atom stereocenters. The molecule has 2 saturated heterocycles. The van der Waals surface area contributed by atoms with E-state index in [4.69, 9.17) is 28.4 Å². The van der Waals surface area contributed by atoms with Gasteiger partial charge < -0.3 is 68.6 Å². The second-order valence-electron chi connectivity index (χ2n) is 8.89. The minimum absolute atomic E-state index is 0. The zero-order valence-corrected chi connectivity index (χ0v) is 26.3. The third-order valence-electron chi connectivity index (χ3n) is 6.39. The normalized spacial score (nSPS) is 35.1. The van der Waals surface area contributed by atoms with Gasteiger partial charge in [0.1, 0.15) is 24.4 Å². The average Bonchev–Trinajstić information content (AvgIpc) is 2.81. The predicted molar refractivity (Wildman–Crippen MR) is 113 cm³/mol. The summed E-state index contributed by atoms with van der Waals surface area (Å²) in [4.78, 5) is 21.3. The fourth-order valence-electron chi connectivity index (χ4n) is 4.51. The molecule has 0 aromatic carbocycles. The summed E-state index contributed by atoms with van der Waals surface area (Å²) in [5.41, 5.74) is 0. The van der Waals surface area contributed by atoms with Gasteiger partial charge in [0, 0.05) is 18.9 Å². The summed E-state index contributed by atoms with van der Waals surface area (Å²) in [6.07, 6.45) is -8.15. The summed E-state index contributed by atoms with van der Waals surface area (Å²) in [6.45, 7) is -0.382. The molecule has 0 saturated carbocycles. The van der Waals surface area contributed by atoms with Gasteiger partial charge in [-0.15, -0.1) is 0 Å². The van der Waals surface area contributed by atoms with Crippen molar-refractivity contribution in [1.82, 2.24) is 0 Å². The van der Waals surface area contributed by atoms with Crippen LogP contribution < -0.4 is 69.3 Å². The number of methoxy groups -OCH3 is 1. The van der Waals surface area contributed by atoms with Gasteiger partial charge in [0.05, 0.1) is 82.6 Å². The van der Waals surface area contributed by atoms with Crippen molar-refractivity contribution in [3.63, 3.8) is 0 Å². The molecule has 2 aliphatic rings. The Morgan fingerprint density at radius 3 is 1.53 bits per heavy atom. The maximum Gasteiger partial charge on any atom is 1.00 e. The van der Waals surface area contributed by atoms with Crippen molar-refractivity contribution >= 4 is 11.9 Å². The number of carboxylic acid groups (broad SMARTS) is 2. The summed E-state index contributed by atoms with van der Waals surface area (Å²) < 4.78 is 32.3. The molecule has 0 bridgehead atoms. The first-order valence-corrected chi connectivity index (χ1v) is 11.8. The number of carboxylic acids is 2. The number of aliphatic hydroxyl groups is 4. The number of carbonyl (C=O) groups excluding carboxylic acids is 2. The van der Waals surface area contributed by atoms with Crippen molar-refractivity contribution in [2.24, 2.45) is 11.8 Å². The first-order chi connectivity index (χ1) is 17.1. The molecule has 0 aromatic rings. The molecule has 2 rings (SSSR count). The van der Waals surface area contributed by atoms with Crippen molar-refractivity contribution in [1.29, 1.82) is 0 Å². The molecule has 2 heterocycles. The van der Waals surface area contributed by atoms with E-state index in [1.165, 1.54) is 7.11 Å². The van der Waals surface area contributed by atoms with Crippen LogP contribution >= 0.6 is 0 Å². The van der Waals surface area contributed by atoms with Crippen molar-refractivity contribution < 1.29 is 128 Å². The van der Waals surface area contributed by atoms with Crippen molar-refractivity contribution in [3.05, 3.63) is 0 Å². The van der Waals surface area contributed by atoms with E-state index in [1.807, 2.05) is 0 Å². The monoisotopic (exact) mass is 570 g/mol. The van der Waals surface area contributed by atoms with Crippen LogP contribution in [0.5, 0.6) is 0 Å². The van der Waals surface area contributed by atoms with Crippen LogP contribution in [0.15, 0.2) is 0 Å². The van der Waals surface area contributed by atoms with Gasteiger partial charge in [-0.3, -0.25) is 0 Å². The van der Waals surface area contributed by atoms with Crippen LogP contribution in [0, 0.1) is 11.8 Å². The second-order valence-corrected chi connectivity index (χ2v) is 8.89. The molecular weight excluding hydrogens is 534 g/mol. The van der Waals surface area contributed by atoms with Crippen molar-refractivity contribution in [2.45, 2.75) is 62.2 Å². The van der Waals surface area contributed by atoms with Crippen LogP contribution in [0.25, 0.3) is 0 Å². The molecule has 10 atom stereocenters. The number of aliphatic carboxylic acids is 2. The molecule has 38 heavy (non-hydrogen) atoms. The second kappa shape index (κ2) is 19.6. The molecule has 16 heteroatoms. The Morgan fingerprint density at radius 2 is 1.08 bits per heavy atom. The minimum Gasteiger partial charge on any atom is -0.548 e. The quantitative estimate of drug-likeness (QED) is 0.135. The maximum atomic E-state index is 10.7. The fourth-order valence-corrected chi connectivity index (χ4v) is 4.51. The van der Waals surface area contributed by atoms with E-state index in [-0.39, 0.29) is 92.1 Å². The molecule has 4 N–H and O–H groups in total. The van der Waals surface area contributed by atoms with E-state index in [1.54, 1.807) is 6.92 Å². The number of hydrogen-bond donors (Lipinski definition) is 4. The van der Waals surface area contributed by atoms with Crippen molar-refractivity contribution in [2.75, 3.05) is 53.4 Å². The third-order valence-corrected chi connectivity index (χ3v) is 6.39. The van der Waals surface area contributed by atoms with Gasteiger partial charge in [-0.2, -0.15) is 0 Å². The summed E-state index contributed by atoms with van der Waals surface area (Å²) in [7, 11) is 1.39. The van der Waals surface area contributed by atoms with E-state index >= 15 is 0 Å². The Balaban J connectivity index is 0.00000684. The summed E-state index contributed by atoms with van der Waals surface area (Å²) in [5, 5.41) is 63.4. The largest absolute Gasteiger partial charge is 1.00 e. The van der Waals surface area contributed by atoms with Gasteiger partial charge >= 0.3 is 59.1 Å². The van der Waals surface area contributed by atoms with E-state index < -0.39 is 85.8 Å². The Kier molecular flexibility index (Phi) is 19.9. The van der Waals surface area contributed by atoms with Crippen LogP contribution in [0.2, 0.25) is 0 Å². The van der Waals surface area contributed by atoms with Gasteiger partial charge in [0.25, 0.3) is 0 Å². The Bertz CT molecular complexity index is 688. The predicted octanol–water partition coefficient (Wildman–Crippen LogP) is -11.2. The first kappa shape index (κ1) is 38.5. The Hall–Kier alpha value is 0.540. The Labute approximate surface area is 265 Å². The Morgan fingerprint density at radius 1 is 0.658 bits per heavy atom. The van der Waals surface area contributed by atoms with Gasteiger partial charge in [-0.05, 0) is 6.42 Å². The van der Waals surface area contributed by atoms with Crippen LogP contribution in [0.4, 0.5) is 0 Å². The number of rotatable bonds is 15. The standard InChI is InChI=1S/C22H38O14.2Na/c1-3-11-13(6-33-9-17(23)24)35-16(22(30)19(11)27)8-32-4-12-14(7-34-10-18(25)26)36-15(5-31-2)21(29)20(12)28;;/h11-16,19-22,27-30H,3-10H2,1-2H3,(H,23,24)(H,25,26);;/q;2*+1/p-2/t11-,12?,13?,14+,15+,16?,19-,20?,21?,22-;;/m1../s1. The maximum absolute atomic E-state index is 10.7. The molecule has 0 aromatic heterocycles. The number of hydrogen-bond acceptors (Lipinski definition) is 14. The number of aliphatic hydroxyl groups excluding tert-OH is 4. The molecule has 0 amide bonds. The summed E-state index contributed by atoms with van der Waals surface area (Å²) in [5.74, 6) is -4.19. The molecular formula is C22H36Na2O14. The smallest absolute Gasteiger partial charge is 0.548 e. The van der Waals surface area contributed by atoms with Crippen LogP contribution in [0.1, 0.15) is 13.3 Å². The molecule has 0 radical (unpaired) electrons. The van der Waals surface area contributed by atoms with E-state index in [0.717, 1.165) is 0 Å². The molecule has 2 aliphatic heterocycles. The molecule has 14 nitrogen and oxygen atoms in total. The molecule has 0 spiro atoms. The van der Waals surface area contributed by atoms with Gasteiger partial charge in [0.15, 0.2) is 0 Å². The zero-order valence-electron chi connectivity index (χ0n) is 22.3. The summed E-state index contributed by atoms with van der Waals surface area (Å²) >= 11 is 0. The number of ether oxygens (including phenoxy) is 6. The van der Waals surface area contributed by atoms with Crippen LogP contribution in [-0.2, 0) is 38.0 Å². The topological polar surface area (TPSA) is 217 Å². The van der Waals surface area contributed by atoms with E-state index in [9.17, 15) is 40.2 Å². The minimum atomic E-state index is -1.43. The average molecular weight is 570 g/mol. The van der Waals surface area contributed by atoms with Crippen molar-refractivity contribution in [3.8, 4) is 0 Å². The van der Waals surface area contributed by atoms with Crippen LogP contribution in [-0.4, -0.2) is 135 Å². The van der Waals surface area contributed by atoms with E-state index in [0.29, 0.717) is 6.42 Å². The first-order valence-electron chi connectivity index (χ1n) is 11.8. The number of carbonyl (C=O) groups is 2. The third kappa shape index (κ3) is 11.4. The fraction of sp³-hybridized carbons (Fsp3) is 0.909. The molecule has 210 valence electrons. The molecule has 2 fully saturated rings. The van der Waals surface area contributed by atoms with E-state index in [2.05, 4.69) is 0 Å². The molecule has 0 aliphatic carbocycles. The zero-order chi connectivity index (χ0) is 26.8. The van der Waals surface area contributed by atoms with Gasteiger partial charge in [0.2, 0.25) is 0 Å². The SMILES string of the molecule is CC[C@@H]1C(COCC(=O)[O-])OC(COCC2C(O)C(O)[C@H](COC)O[C@H]2COCC(=O)[O-])[C@@H](O)[C@@H]1O.[Na+].[Na+]. The summed E-state index contributed by atoms with van der Waals surface area (Å²) in [6, 6.07) is 0.